The lowest BCUT2D eigenvalue weighted by Gasteiger charge is -2.46. The first-order valence-electron chi connectivity index (χ1n) is 8.81. The fourth-order valence-electron chi connectivity index (χ4n) is 4.06. The van der Waals surface area contributed by atoms with E-state index in [2.05, 4.69) is 38.6 Å². The van der Waals surface area contributed by atoms with Gasteiger partial charge in [0.2, 0.25) is 0 Å². The van der Waals surface area contributed by atoms with E-state index in [0.29, 0.717) is 11.6 Å². The van der Waals surface area contributed by atoms with Crippen LogP contribution in [0.5, 0.6) is 0 Å². The van der Waals surface area contributed by atoms with Gasteiger partial charge in [0.05, 0.1) is 6.33 Å². The minimum atomic E-state index is 0.407. The zero-order valence-electron chi connectivity index (χ0n) is 14.2. The highest BCUT2D eigenvalue weighted by atomic mass is 15.3. The summed E-state index contributed by atoms with van der Waals surface area (Å²) < 4.78 is 2.16. The smallest absolute Gasteiger partial charge is 0.0946 e. The molecule has 1 N–H and O–H groups in total. The maximum atomic E-state index is 4.13. The van der Waals surface area contributed by atoms with Crippen LogP contribution in [0, 0.1) is 0 Å². The van der Waals surface area contributed by atoms with E-state index in [4.69, 9.17) is 0 Å². The van der Waals surface area contributed by atoms with Crippen molar-refractivity contribution in [3.8, 4) is 0 Å². The second-order valence-corrected chi connectivity index (χ2v) is 7.26. The summed E-state index contributed by atoms with van der Waals surface area (Å²) in [6.07, 6.45) is 11.3. The molecular weight excluding hydrogens is 274 g/mol. The minimum absolute atomic E-state index is 0.407. The Morgan fingerprint density at radius 2 is 1.91 bits per heavy atom. The predicted octanol–water partition coefficient (Wildman–Crippen LogP) is 1.42. The predicted molar refractivity (Wildman–Crippen MR) is 90.0 cm³/mol. The summed E-state index contributed by atoms with van der Waals surface area (Å²) in [5.74, 6) is 0. The van der Waals surface area contributed by atoms with Crippen LogP contribution < -0.4 is 5.32 Å². The monoisotopic (exact) mass is 305 g/mol. The number of likely N-dealkylation sites (N-methyl/N-ethyl adjacent to an activating group) is 1. The Balaban J connectivity index is 1.55. The van der Waals surface area contributed by atoms with Crippen molar-refractivity contribution >= 4 is 0 Å². The van der Waals surface area contributed by atoms with Gasteiger partial charge in [-0.15, -0.1) is 0 Å². The molecule has 0 radical (unpaired) electrons. The lowest BCUT2D eigenvalue weighted by atomic mass is 9.93. The van der Waals surface area contributed by atoms with E-state index in [9.17, 15) is 0 Å². The number of piperazine rings is 1. The van der Waals surface area contributed by atoms with Gasteiger partial charge >= 0.3 is 0 Å². The number of rotatable bonds is 6. The van der Waals surface area contributed by atoms with E-state index in [1.807, 2.05) is 18.7 Å². The lowest BCUT2D eigenvalue weighted by molar-refractivity contribution is 0.0409. The molecule has 2 aliphatic rings. The second kappa shape index (κ2) is 7.11. The van der Waals surface area contributed by atoms with Gasteiger partial charge in [0.1, 0.15) is 0 Å². The summed E-state index contributed by atoms with van der Waals surface area (Å²) in [5.41, 5.74) is 0.407. The van der Waals surface area contributed by atoms with Crippen molar-refractivity contribution in [2.75, 3.05) is 39.8 Å². The fraction of sp³-hybridized carbons (Fsp3) is 0.824. The van der Waals surface area contributed by atoms with Crippen molar-refractivity contribution in [3.05, 3.63) is 18.7 Å². The van der Waals surface area contributed by atoms with Crippen molar-refractivity contribution in [3.63, 3.8) is 0 Å². The van der Waals surface area contributed by atoms with Crippen LogP contribution in [0.15, 0.2) is 18.7 Å². The number of nitrogens with zero attached hydrogens (tertiary/aromatic N) is 4. The Bertz CT molecular complexity index is 430. The Morgan fingerprint density at radius 1 is 1.18 bits per heavy atom. The van der Waals surface area contributed by atoms with Crippen molar-refractivity contribution in [1.29, 1.82) is 0 Å². The maximum absolute atomic E-state index is 4.13. The Hall–Kier alpha value is -0.910. The summed E-state index contributed by atoms with van der Waals surface area (Å²) in [7, 11) is 2.24. The number of hydrogen-bond donors (Lipinski definition) is 1. The third-order valence-corrected chi connectivity index (χ3v) is 5.53. The molecule has 0 bridgehead atoms. The van der Waals surface area contributed by atoms with E-state index in [-0.39, 0.29) is 0 Å². The first-order valence-corrected chi connectivity index (χ1v) is 8.81. The summed E-state index contributed by atoms with van der Waals surface area (Å²) in [6.45, 7) is 9.30. The molecule has 1 atom stereocenters. The van der Waals surface area contributed by atoms with Gasteiger partial charge in [-0.25, -0.2) is 4.98 Å². The van der Waals surface area contributed by atoms with Gasteiger partial charge in [-0.2, -0.15) is 0 Å². The van der Waals surface area contributed by atoms with E-state index in [1.54, 1.807) is 0 Å². The number of imidazole rings is 1. The third kappa shape index (κ3) is 3.70. The van der Waals surface area contributed by atoms with Crippen molar-refractivity contribution in [2.24, 2.45) is 0 Å². The van der Waals surface area contributed by atoms with Crippen LogP contribution in [0.2, 0.25) is 0 Å². The molecule has 0 spiro atoms. The molecule has 1 saturated heterocycles. The van der Waals surface area contributed by atoms with Gasteiger partial charge in [0.15, 0.2) is 0 Å². The number of hydrogen-bond acceptors (Lipinski definition) is 4. The zero-order valence-corrected chi connectivity index (χ0v) is 14.2. The van der Waals surface area contributed by atoms with Gasteiger partial charge in [-0.1, -0.05) is 12.8 Å². The van der Waals surface area contributed by atoms with Crippen LogP contribution in [0.4, 0.5) is 0 Å². The van der Waals surface area contributed by atoms with Crippen LogP contribution in [0.25, 0.3) is 0 Å². The lowest BCUT2D eigenvalue weighted by Crippen LogP contribution is -2.59. The molecule has 5 nitrogen and oxygen atoms in total. The standard InChI is InChI=1S/C17H31N5/c1-16(13-21-8-7-18-15-21)19-14-17(5-3-4-6-17)22-11-9-20(2)10-12-22/h7-8,15-16,19H,3-6,9-14H2,1-2H3/t16-/m1/s1. The zero-order chi connectivity index (χ0) is 15.4. The van der Waals surface area contributed by atoms with Crippen molar-refractivity contribution in [1.82, 2.24) is 24.7 Å². The van der Waals surface area contributed by atoms with Crippen LogP contribution in [-0.2, 0) is 6.54 Å². The number of nitrogens with one attached hydrogen (secondary N) is 1. The maximum Gasteiger partial charge on any atom is 0.0946 e. The topological polar surface area (TPSA) is 36.3 Å². The largest absolute Gasteiger partial charge is 0.336 e. The first kappa shape index (κ1) is 16.0. The molecule has 0 unspecified atom stereocenters. The highest BCUT2D eigenvalue weighted by Gasteiger charge is 2.40. The average molecular weight is 305 g/mol. The minimum Gasteiger partial charge on any atom is -0.336 e. The first-order chi connectivity index (χ1) is 10.7. The average Bonchev–Trinajstić information content (AvgIpc) is 3.18. The van der Waals surface area contributed by atoms with Gasteiger partial charge in [-0.05, 0) is 26.8 Å². The SMILES string of the molecule is C[C@H](Cn1ccnc1)NCC1(N2CCN(C)CC2)CCCC1. The normalized spacial score (nSPS) is 24.6. The van der Waals surface area contributed by atoms with Crippen molar-refractivity contribution in [2.45, 2.75) is 50.7 Å². The molecule has 1 aliphatic heterocycles. The van der Waals surface area contributed by atoms with E-state index in [0.717, 1.165) is 13.1 Å². The van der Waals surface area contributed by atoms with Gasteiger partial charge < -0.3 is 14.8 Å². The molecule has 2 fully saturated rings. The molecule has 1 aromatic heterocycles. The Kier molecular flexibility index (Phi) is 5.16. The Morgan fingerprint density at radius 3 is 2.55 bits per heavy atom. The van der Waals surface area contributed by atoms with Crippen LogP contribution in [0.3, 0.4) is 0 Å². The Labute approximate surface area is 134 Å². The molecule has 22 heavy (non-hydrogen) atoms. The van der Waals surface area contributed by atoms with Crippen LogP contribution in [-0.4, -0.2) is 70.7 Å². The highest BCUT2D eigenvalue weighted by Crippen LogP contribution is 2.35. The van der Waals surface area contributed by atoms with Crippen LogP contribution >= 0.6 is 0 Å². The quantitative estimate of drug-likeness (QED) is 0.862. The van der Waals surface area contributed by atoms with Crippen molar-refractivity contribution < 1.29 is 0 Å². The molecule has 1 aromatic rings. The summed E-state index contributed by atoms with van der Waals surface area (Å²) >= 11 is 0. The van der Waals surface area contributed by atoms with E-state index < -0.39 is 0 Å². The summed E-state index contributed by atoms with van der Waals surface area (Å²) in [4.78, 5) is 9.36. The molecular formula is C17H31N5. The second-order valence-electron chi connectivity index (χ2n) is 7.26. The van der Waals surface area contributed by atoms with Gasteiger partial charge in [0, 0.05) is 63.2 Å². The molecule has 0 amide bonds. The molecule has 124 valence electrons. The molecule has 5 heteroatoms. The third-order valence-electron chi connectivity index (χ3n) is 5.53. The van der Waals surface area contributed by atoms with Gasteiger partial charge in [0.25, 0.3) is 0 Å². The molecule has 1 aliphatic carbocycles. The molecule has 3 rings (SSSR count). The highest BCUT2D eigenvalue weighted by molar-refractivity contribution is 4.98. The van der Waals surface area contributed by atoms with Gasteiger partial charge in [-0.3, -0.25) is 4.90 Å². The molecule has 1 saturated carbocycles. The van der Waals surface area contributed by atoms with E-state index >= 15 is 0 Å². The summed E-state index contributed by atoms with van der Waals surface area (Å²) in [6, 6.07) is 0.485. The number of aromatic nitrogens is 2. The molecule has 2 heterocycles. The fourth-order valence-corrected chi connectivity index (χ4v) is 4.06. The van der Waals surface area contributed by atoms with E-state index in [1.165, 1.54) is 51.9 Å². The summed E-state index contributed by atoms with van der Waals surface area (Å²) in [5, 5.41) is 3.81. The van der Waals surface area contributed by atoms with Crippen LogP contribution in [0.1, 0.15) is 32.6 Å². The molecule has 0 aromatic carbocycles.